The average Bonchev–Trinajstić information content (AvgIpc) is 1.84. The van der Waals surface area contributed by atoms with Crippen LogP contribution < -0.4 is 5.32 Å². The minimum Gasteiger partial charge on any atom is -0.312 e. The summed E-state index contributed by atoms with van der Waals surface area (Å²) < 4.78 is 0. The zero-order chi connectivity index (χ0) is 7.61. The number of hydrogen-bond donors (Lipinski definition) is 1. The molecule has 0 spiro atoms. The molecule has 2 nitrogen and oxygen atoms in total. The lowest BCUT2D eigenvalue weighted by Crippen LogP contribution is -2.56. The Bertz CT molecular complexity index is 145. The second-order valence-corrected chi connectivity index (χ2v) is 3.30. The van der Waals surface area contributed by atoms with E-state index in [-0.39, 0.29) is 5.54 Å². The largest absolute Gasteiger partial charge is 0.312 e. The third-order valence-electron chi connectivity index (χ3n) is 1.98. The number of aliphatic imine (C=N–C) groups is 1. The zero-order valence-corrected chi connectivity index (χ0v) is 7.07. The van der Waals surface area contributed by atoms with Crippen LogP contribution in [0.3, 0.4) is 0 Å². The second-order valence-electron chi connectivity index (χ2n) is 3.30. The highest BCUT2D eigenvalue weighted by Gasteiger charge is 2.30. The zero-order valence-electron chi connectivity index (χ0n) is 7.07. The Hall–Kier alpha value is -0.370. The summed E-state index contributed by atoms with van der Waals surface area (Å²) in [5.74, 6) is 0. The molecule has 0 unspecified atom stereocenters. The maximum Gasteiger partial charge on any atom is 0.0826 e. The summed E-state index contributed by atoms with van der Waals surface area (Å²) in [5, 5.41) is 3.22. The van der Waals surface area contributed by atoms with E-state index < -0.39 is 0 Å². The molecule has 10 heavy (non-hydrogen) atoms. The molecule has 1 aliphatic heterocycles. The molecular formula is C8H16N2. The van der Waals surface area contributed by atoms with Gasteiger partial charge in [-0.05, 0) is 20.3 Å². The van der Waals surface area contributed by atoms with Gasteiger partial charge in [0.15, 0.2) is 0 Å². The highest BCUT2D eigenvalue weighted by Crippen LogP contribution is 2.15. The molecule has 1 rings (SSSR count). The minimum absolute atomic E-state index is 0.222. The van der Waals surface area contributed by atoms with E-state index in [1.54, 1.807) is 0 Å². The Morgan fingerprint density at radius 1 is 1.60 bits per heavy atom. The maximum atomic E-state index is 4.59. The quantitative estimate of drug-likeness (QED) is 0.573. The molecule has 0 bridgehead atoms. The van der Waals surface area contributed by atoms with E-state index in [2.05, 4.69) is 31.1 Å². The molecule has 0 aromatic heterocycles. The standard InChI is InChI=1S/C8H16N2/c1-4-7(2)10-8(3)5-9-6-8/h9H,4-6H2,1-3H3. The van der Waals surface area contributed by atoms with E-state index in [0.717, 1.165) is 19.5 Å². The first-order valence-corrected chi connectivity index (χ1v) is 3.92. The van der Waals surface area contributed by atoms with Crippen LogP contribution in [-0.2, 0) is 0 Å². The normalized spacial score (nSPS) is 24.1. The van der Waals surface area contributed by atoms with Crippen LogP contribution in [0.1, 0.15) is 27.2 Å². The molecule has 0 aromatic rings. The van der Waals surface area contributed by atoms with Crippen molar-refractivity contribution in [2.45, 2.75) is 32.7 Å². The summed E-state index contributed by atoms with van der Waals surface area (Å²) in [4.78, 5) is 4.59. The van der Waals surface area contributed by atoms with Gasteiger partial charge in [0.1, 0.15) is 0 Å². The first-order chi connectivity index (χ1) is 4.66. The van der Waals surface area contributed by atoms with Crippen LogP contribution in [0.15, 0.2) is 4.99 Å². The van der Waals surface area contributed by atoms with Crippen molar-refractivity contribution >= 4 is 5.71 Å². The Morgan fingerprint density at radius 3 is 2.50 bits per heavy atom. The van der Waals surface area contributed by atoms with Crippen molar-refractivity contribution in [1.82, 2.24) is 5.32 Å². The number of nitrogens with one attached hydrogen (secondary N) is 1. The summed E-state index contributed by atoms with van der Waals surface area (Å²) in [7, 11) is 0. The van der Waals surface area contributed by atoms with Crippen LogP contribution in [0.5, 0.6) is 0 Å². The Labute approximate surface area is 62.7 Å². The van der Waals surface area contributed by atoms with Gasteiger partial charge in [-0.3, -0.25) is 4.99 Å². The van der Waals surface area contributed by atoms with Gasteiger partial charge >= 0.3 is 0 Å². The van der Waals surface area contributed by atoms with E-state index in [4.69, 9.17) is 0 Å². The van der Waals surface area contributed by atoms with Crippen LogP contribution in [-0.4, -0.2) is 24.3 Å². The highest BCUT2D eigenvalue weighted by molar-refractivity contribution is 5.82. The van der Waals surface area contributed by atoms with Crippen molar-refractivity contribution in [3.8, 4) is 0 Å². The van der Waals surface area contributed by atoms with E-state index in [1.807, 2.05) is 0 Å². The van der Waals surface area contributed by atoms with Crippen molar-refractivity contribution in [2.75, 3.05) is 13.1 Å². The van der Waals surface area contributed by atoms with Gasteiger partial charge < -0.3 is 5.32 Å². The molecule has 0 saturated carbocycles. The molecule has 0 radical (unpaired) electrons. The minimum atomic E-state index is 0.222. The lowest BCUT2D eigenvalue weighted by molar-refractivity contribution is 0.311. The lowest BCUT2D eigenvalue weighted by Gasteiger charge is -2.36. The molecule has 1 saturated heterocycles. The highest BCUT2D eigenvalue weighted by atomic mass is 15.1. The summed E-state index contributed by atoms with van der Waals surface area (Å²) in [6.07, 6.45) is 1.08. The van der Waals surface area contributed by atoms with Gasteiger partial charge in [-0.1, -0.05) is 6.92 Å². The lowest BCUT2D eigenvalue weighted by atomic mass is 9.96. The van der Waals surface area contributed by atoms with Crippen LogP contribution in [0, 0.1) is 0 Å². The smallest absolute Gasteiger partial charge is 0.0826 e. The third-order valence-corrected chi connectivity index (χ3v) is 1.98. The third kappa shape index (κ3) is 1.57. The van der Waals surface area contributed by atoms with Crippen LogP contribution >= 0.6 is 0 Å². The second kappa shape index (κ2) is 2.70. The molecule has 1 heterocycles. The Balaban J connectivity index is 2.49. The predicted octanol–water partition coefficient (Wildman–Crippen LogP) is 1.22. The van der Waals surface area contributed by atoms with Crippen molar-refractivity contribution < 1.29 is 0 Å². The van der Waals surface area contributed by atoms with Crippen molar-refractivity contribution in [1.29, 1.82) is 0 Å². The monoisotopic (exact) mass is 140 g/mol. The fourth-order valence-corrected chi connectivity index (χ4v) is 1.11. The SMILES string of the molecule is CCC(C)=NC1(C)CNC1. The molecule has 0 atom stereocenters. The first kappa shape index (κ1) is 7.73. The van der Waals surface area contributed by atoms with Gasteiger partial charge in [0.25, 0.3) is 0 Å². The molecule has 0 aliphatic carbocycles. The molecule has 2 heteroatoms. The molecule has 58 valence electrons. The Kier molecular flexibility index (Phi) is 2.09. The van der Waals surface area contributed by atoms with Gasteiger partial charge in [-0.2, -0.15) is 0 Å². The van der Waals surface area contributed by atoms with Crippen LogP contribution in [0.4, 0.5) is 0 Å². The molecule has 1 N–H and O–H groups in total. The van der Waals surface area contributed by atoms with Crippen LogP contribution in [0.25, 0.3) is 0 Å². The van der Waals surface area contributed by atoms with Gasteiger partial charge in [-0.25, -0.2) is 0 Å². The molecule has 1 fully saturated rings. The van der Waals surface area contributed by atoms with Gasteiger partial charge in [0.2, 0.25) is 0 Å². The van der Waals surface area contributed by atoms with E-state index in [9.17, 15) is 0 Å². The fraction of sp³-hybridized carbons (Fsp3) is 0.875. The molecule has 0 amide bonds. The van der Waals surface area contributed by atoms with Crippen molar-refractivity contribution in [3.63, 3.8) is 0 Å². The molecule has 1 aliphatic rings. The first-order valence-electron chi connectivity index (χ1n) is 3.92. The number of hydrogen-bond acceptors (Lipinski definition) is 2. The molecular weight excluding hydrogens is 124 g/mol. The fourth-order valence-electron chi connectivity index (χ4n) is 1.11. The van der Waals surface area contributed by atoms with Gasteiger partial charge in [0, 0.05) is 18.8 Å². The topological polar surface area (TPSA) is 24.4 Å². The number of nitrogens with zero attached hydrogens (tertiary/aromatic N) is 1. The van der Waals surface area contributed by atoms with E-state index in [0.29, 0.717) is 0 Å². The van der Waals surface area contributed by atoms with E-state index in [1.165, 1.54) is 5.71 Å². The molecule has 0 aromatic carbocycles. The summed E-state index contributed by atoms with van der Waals surface area (Å²) in [6.45, 7) is 8.54. The van der Waals surface area contributed by atoms with Gasteiger partial charge in [0.05, 0.1) is 5.54 Å². The van der Waals surface area contributed by atoms with E-state index >= 15 is 0 Å². The summed E-state index contributed by atoms with van der Waals surface area (Å²) >= 11 is 0. The van der Waals surface area contributed by atoms with Gasteiger partial charge in [-0.15, -0.1) is 0 Å². The Morgan fingerprint density at radius 2 is 2.20 bits per heavy atom. The average molecular weight is 140 g/mol. The van der Waals surface area contributed by atoms with Crippen molar-refractivity contribution in [3.05, 3.63) is 0 Å². The predicted molar refractivity (Wildman–Crippen MR) is 44.7 cm³/mol. The number of rotatable bonds is 2. The van der Waals surface area contributed by atoms with Crippen LogP contribution in [0.2, 0.25) is 0 Å². The summed E-state index contributed by atoms with van der Waals surface area (Å²) in [5.41, 5.74) is 1.49. The maximum absolute atomic E-state index is 4.59. The summed E-state index contributed by atoms with van der Waals surface area (Å²) in [6, 6.07) is 0. The van der Waals surface area contributed by atoms with Crippen molar-refractivity contribution in [2.24, 2.45) is 4.99 Å².